The summed E-state index contributed by atoms with van der Waals surface area (Å²) in [5.41, 5.74) is 8.69. The van der Waals surface area contributed by atoms with Crippen LogP contribution in [0.4, 0.5) is 0 Å². The monoisotopic (exact) mass is 570 g/mol. The summed E-state index contributed by atoms with van der Waals surface area (Å²) in [6.45, 7) is 0. The molecule has 9 aromatic rings. The smallest absolute Gasteiger partial charge is 0.131 e. The molecule has 2 nitrogen and oxygen atoms in total. The number of rotatable bonds is 2. The summed E-state index contributed by atoms with van der Waals surface area (Å²) < 4.78 is 7.69. The van der Waals surface area contributed by atoms with Gasteiger partial charge in [0.15, 0.2) is 0 Å². The predicted octanol–water partition coefficient (Wildman–Crippen LogP) is 11.2. The molecule has 4 heteroatoms. The van der Waals surface area contributed by atoms with E-state index in [4.69, 9.17) is 0 Å². The van der Waals surface area contributed by atoms with E-state index in [0.717, 1.165) is 0 Å². The van der Waals surface area contributed by atoms with Gasteiger partial charge in [-0.1, -0.05) is 96.7 Å². The lowest BCUT2D eigenvalue weighted by Crippen LogP contribution is -2.05. The lowest BCUT2D eigenvalue weighted by atomic mass is 9.99. The van der Waals surface area contributed by atoms with Crippen LogP contribution in [0.15, 0.2) is 143 Å². The van der Waals surface area contributed by atoms with Crippen LogP contribution in [0, 0.1) is 0 Å². The zero-order chi connectivity index (χ0) is 27.4. The van der Waals surface area contributed by atoms with Gasteiger partial charge in [0.1, 0.15) is 5.65 Å². The van der Waals surface area contributed by atoms with Gasteiger partial charge in [-0.2, -0.15) is 0 Å². The van der Waals surface area contributed by atoms with E-state index in [-0.39, 0.29) is 0 Å². The Morgan fingerprint density at radius 3 is 2.21 bits per heavy atom. The Morgan fingerprint density at radius 1 is 0.500 bits per heavy atom. The second-order valence-electron chi connectivity index (χ2n) is 10.9. The Labute approximate surface area is 250 Å². The minimum Gasteiger partial charge on any atom is -0.295 e. The average Bonchev–Trinajstić information content (AvgIpc) is 3.70. The molecule has 1 aliphatic rings. The SMILES string of the molecule is c1ccc(-c2cccc3c2c2c4cccc5c4n(c2n3-c2ccc3sc4ccccc4c3c2)-c2ccccc2S5)cc1. The molecule has 4 heterocycles. The van der Waals surface area contributed by atoms with Crippen LogP contribution in [0.5, 0.6) is 0 Å². The lowest BCUT2D eigenvalue weighted by molar-refractivity contribution is 1.03. The van der Waals surface area contributed by atoms with Gasteiger partial charge in [-0.25, -0.2) is 0 Å². The topological polar surface area (TPSA) is 9.86 Å². The molecule has 0 bridgehead atoms. The molecule has 0 unspecified atom stereocenters. The molecule has 0 saturated heterocycles. The highest BCUT2D eigenvalue weighted by Crippen LogP contribution is 2.51. The second kappa shape index (κ2) is 8.39. The van der Waals surface area contributed by atoms with Crippen molar-refractivity contribution in [1.29, 1.82) is 0 Å². The van der Waals surface area contributed by atoms with E-state index in [2.05, 4.69) is 143 Å². The average molecular weight is 571 g/mol. The van der Waals surface area contributed by atoms with Gasteiger partial charge >= 0.3 is 0 Å². The van der Waals surface area contributed by atoms with Crippen molar-refractivity contribution in [2.45, 2.75) is 9.79 Å². The van der Waals surface area contributed by atoms with Crippen LogP contribution >= 0.6 is 23.1 Å². The van der Waals surface area contributed by atoms with E-state index >= 15 is 0 Å². The van der Waals surface area contributed by atoms with Crippen LogP contribution in [-0.4, -0.2) is 9.13 Å². The summed E-state index contributed by atoms with van der Waals surface area (Å²) in [7, 11) is 0. The molecule has 1 aliphatic heterocycles. The van der Waals surface area contributed by atoms with Crippen LogP contribution in [0.25, 0.3) is 75.5 Å². The molecule has 196 valence electrons. The van der Waals surface area contributed by atoms with Crippen molar-refractivity contribution >= 4 is 76.1 Å². The number of hydrogen-bond donors (Lipinski definition) is 0. The van der Waals surface area contributed by atoms with Crippen molar-refractivity contribution in [3.05, 3.63) is 133 Å². The second-order valence-corrected chi connectivity index (χ2v) is 13.1. The standard InChI is InChI=1S/C38H22N2S2/c1-2-10-23(11-3-1)25-13-8-16-30-35(25)36-27-14-9-19-34-37(27)40(29-15-5-7-18-33(29)42-34)38(36)39(30)24-20-21-32-28(22-24)26-12-4-6-17-31(26)41-32/h1-22H. The molecular formula is C38H22N2S2. The maximum absolute atomic E-state index is 2.52. The first-order valence-electron chi connectivity index (χ1n) is 14.2. The molecule has 0 N–H and O–H groups in total. The third kappa shape index (κ3) is 2.95. The fourth-order valence-electron chi connectivity index (χ4n) is 6.99. The van der Waals surface area contributed by atoms with Gasteiger partial charge in [-0.05, 0) is 59.7 Å². The van der Waals surface area contributed by atoms with Crippen LogP contribution in [0.1, 0.15) is 0 Å². The number of aromatic nitrogens is 2. The third-order valence-electron chi connectivity index (χ3n) is 8.70. The highest BCUT2D eigenvalue weighted by molar-refractivity contribution is 7.99. The first kappa shape index (κ1) is 22.9. The van der Waals surface area contributed by atoms with Crippen LogP contribution in [-0.2, 0) is 0 Å². The maximum atomic E-state index is 2.52. The molecular weight excluding hydrogens is 549 g/mol. The van der Waals surface area contributed by atoms with Gasteiger partial charge in [0.05, 0.1) is 16.7 Å². The van der Waals surface area contributed by atoms with E-state index in [9.17, 15) is 0 Å². The highest BCUT2D eigenvalue weighted by atomic mass is 32.2. The van der Waals surface area contributed by atoms with Crippen molar-refractivity contribution < 1.29 is 0 Å². The van der Waals surface area contributed by atoms with Gasteiger partial charge in [0.2, 0.25) is 0 Å². The summed E-state index contributed by atoms with van der Waals surface area (Å²) in [6.07, 6.45) is 0. The molecule has 0 amide bonds. The van der Waals surface area contributed by atoms with E-state index in [0.29, 0.717) is 0 Å². The maximum Gasteiger partial charge on any atom is 0.131 e. The summed E-state index contributed by atoms with van der Waals surface area (Å²) in [5.74, 6) is 0. The Balaban J connectivity index is 1.45. The van der Waals surface area contributed by atoms with Crippen LogP contribution in [0.3, 0.4) is 0 Å². The number of fused-ring (bicyclic) bond motifs is 10. The predicted molar refractivity (Wildman–Crippen MR) is 180 cm³/mol. The van der Waals surface area contributed by atoms with E-state index in [1.165, 1.54) is 85.3 Å². The van der Waals surface area contributed by atoms with Gasteiger partial charge < -0.3 is 0 Å². The van der Waals surface area contributed by atoms with Crippen molar-refractivity contribution in [3.63, 3.8) is 0 Å². The van der Waals surface area contributed by atoms with Gasteiger partial charge in [0, 0.05) is 51.8 Å². The highest BCUT2D eigenvalue weighted by Gasteiger charge is 2.28. The number of nitrogens with zero attached hydrogens (tertiary/aromatic N) is 2. The number of thiophene rings is 1. The number of para-hydroxylation sites is 2. The van der Waals surface area contributed by atoms with Gasteiger partial charge in [-0.3, -0.25) is 9.13 Å². The fraction of sp³-hybridized carbons (Fsp3) is 0. The third-order valence-corrected chi connectivity index (χ3v) is 11.0. The molecule has 0 radical (unpaired) electrons. The first-order chi connectivity index (χ1) is 20.8. The number of hydrogen-bond acceptors (Lipinski definition) is 2. The molecule has 10 rings (SSSR count). The normalized spacial score (nSPS) is 12.7. The summed E-state index contributed by atoms with van der Waals surface area (Å²) in [5, 5.41) is 6.56. The zero-order valence-electron chi connectivity index (χ0n) is 22.4. The van der Waals surface area contributed by atoms with E-state index < -0.39 is 0 Å². The quantitative estimate of drug-likeness (QED) is 0.201. The first-order valence-corrected chi connectivity index (χ1v) is 15.8. The van der Waals surface area contributed by atoms with Gasteiger partial charge in [0.25, 0.3) is 0 Å². The number of benzene rings is 6. The van der Waals surface area contributed by atoms with Crippen molar-refractivity contribution in [2.75, 3.05) is 0 Å². The Kier molecular flexibility index (Phi) is 4.57. The summed E-state index contributed by atoms with van der Waals surface area (Å²) in [4.78, 5) is 2.59. The van der Waals surface area contributed by atoms with Crippen LogP contribution in [0.2, 0.25) is 0 Å². The van der Waals surface area contributed by atoms with E-state index in [1.807, 2.05) is 23.1 Å². The van der Waals surface area contributed by atoms with E-state index in [1.54, 1.807) is 0 Å². The van der Waals surface area contributed by atoms with Crippen molar-refractivity contribution in [2.24, 2.45) is 0 Å². The molecule has 3 aromatic heterocycles. The van der Waals surface area contributed by atoms with Crippen LogP contribution < -0.4 is 0 Å². The Hall–Kier alpha value is -4.77. The van der Waals surface area contributed by atoms with Crippen molar-refractivity contribution in [1.82, 2.24) is 9.13 Å². The minimum absolute atomic E-state index is 1.19. The largest absolute Gasteiger partial charge is 0.295 e. The fourth-order valence-corrected chi connectivity index (χ4v) is 9.17. The molecule has 0 atom stereocenters. The zero-order valence-corrected chi connectivity index (χ0v) is 24.0. The molecule has 42 heavy (non-hydrogen) atoms. The van der Waals surface area contributed by atoms with Gasteiger partial charge in [-0.15, -0.1) is 11.3 Å². The molecule has 0 saturated carbocycles. The Morgan fingerprint density at radius 2 is 1.26 bits per heavy atom. The Bertz CT molecular complexity index is 2550. The lowest BCUT2D eigenvalue weighted by Gasteiger charge is -2.21. The molecule has 6 aromatic carbocycles. The molecule has 0 spiro atoms. The summed E-state index contributed by atoms with van der Waals surface area (Å²) >= 11 is 3.75. The minimum atomic E-state index is 1.19. The van der Waals surface area contributed by atoms with Crippen molar-refractivity contribution in [3.8, 4) is 22.5 Å². The molecule has 0 aliphatic carbocycles. The summed E-state index contributed by atoms with van der Waals surface area (Å²) in [6, 6.07) is 49.1. The molecule has 0 fully saturated rings.